The number of nitrogens with two attached hydrogens (primary N) is 1. The molecule has 25 heavy (non-hydrogen) atoms. The molecule has 2 N–H and O–H groups in total. The minimum absolute atomic E-state index is 0.0809. The number of hydrogen-bond acceptors (Lipinski definition) is 5. The maximum atomic E-state index is 13.8. The molecule has 2 heterocycles. The van der Waals surface area contributed by atoms with Gasteiger partial charge in [-0.3, -0.25) is 9.69 Å². The summed E-state index contributed by atoms with van der Waals surface area (Å²) in [6.45, 7) is 4.20. The van der Waals surface area contributed by atoms with Gasteiger partial charge in [-0.1, -0.05) is 0 Å². The zero-order valence-corrected chi connectivity index (χ0v) is 15.1. The number of carbonyl (C=O) groups excluding carboxylic acids is 1. The molecule has 0 saturated heterocycles. The Bertz CT molecular complexity index is 833. The van der Waals surface area contributed by atoms with E-state index in [2.05, 4.69) is 4.99 Å². The molecular weight excluding hydrogens is 341 g/mol. The molecule has 7 heteroatoms. The largest absolute Gasteiger partial charge is 0.494 e. The zero-order chi connectivity index (χ0) is 18.1. The fourth-order valence-electron chi connectivity index (χ4n) is 2.90. The molecule has 0 aliphatic carbocycles. The average Bonchev–Trinajstić information content (AvgIpc) is 3.02. The second kappa shape index (κ2) is 6.84. The maximum Gasteiger partial charge on any atom is 0.239 e. The molecule has 132 valence electrons. The number of nitrogens with zero attached hydrogens (tertiary/aromatic N) is 2. The Morgan fingerprint density at radius 1 is 1.32 bits per heavy atom. The predicted molar refractivity (Wildman–Crippen MR) is 97.5 cm³/mol. The molecule has 1 aromatic carbocycles. The van der Waals surface area contributed by atoms with Crippen LogP contribution in [-0.4, -0.2) is 36.5 Å². The number of amides is 1. The number of guanidine groups is 1. The van der Waals surface area contributed by atoms with Gasteiger partial charge >= 0.3 is 0 Å². The van der Waals surface area contributed by atoms with Gasteiger partial charge in [-0.15, -0.1) is 11.3 Å². The van der Waals surface area contributed by atoms with Gasteiger partial charge in [0.2, 0.25) is 5.91 Å². The molecule has 0 radical (unpaired) electrons. The molecule has 0 spiro atoms. The molecule has 2 aromatic rings. The Labute approximate surface area is 149 Å². The van der Waals surface area contributed by atoms with Crippen LogP contribution in [0.1, 0.15) is 24.6 Å². The minimum Gasteiger partial charge on any atom is -0.494 e. The third-order valence-electron chi connectivity index (χ3n) is 4.20. The van der Waals surface area contributed by atoms with E-state index in [4.69, 9.17) is 10.5 Å². The number of hydrogen-bond donors (Lipinski definition) is 1. The van der Waals surface area contributed by atoms with Crippen LogP contribution in [0.4, 0.5) is 4.39 Å². The second-order valence-electron chi connectivity index (χ2n) is 5.95. The summed E-state index contributed by atoms with van der Waals surface area (Å²) in [7, 11) is 1.62. The van der Waals surface area contributed by atoms with Crippen molar-refractivity contribution in [3.63, 3.8) is 0 Å². The first-order valence-corrected chi connectivity index (χ1v) is 8.91. The number of halogens is 1. The van der Waals surface area contributed by atoms with Gasteiger partial charge in [0.25, 0.3) is 0 Å². The van der Waals surface area contributed by atoms with Crippen molar-refractivity contribution in [2.75, 3.05) is 13.7 Å². The van der Waals surface area contributed by atoms with E-state index in [1.54, 1.807) is 13.1 Å². The standard InChI is InChI=1S/C18H20FN3O2S/c1-4-24-14-6-11(5-13(19)8-14)12-7-15(25-9-12)16-10(2)21-18(20)22(3)17(16)23/h5-10,16H,4H2,1-3H3,(H2,20,21)/t10-,16?/m0/s1. The molecular formula is C18H20FN3O2S. The third-order valence-corrected chi connectivity index (χ3v) is 5.22. The smallest absolute Gasteiger partial charge is 0.239 e. The van der Waals surface area contributed by atoms with Crippen molar-refractivity contribution in [3.8, 4) is 16.9 Å². The Hall–Kier alpha value is -2.41. The first kappa shape index (κ1) is 17.4. The molecule has 0 fully saturated rings. The van der Waals surface area contributed by atoms with Crippen LogP contribution in [0.2, 0.25) is 0 Å². The molecule has 0 saturated carbocycles. The van der Waals surface area contributed by atoms with Crippen molar-refractivity contribution < 1.29 is 13.9 Å². The quantitative estimate of drug-likeness (QED) is 0.909. The Morgan fingerprint density at radius 2 is 2.08 bits per heavy atom. The monoisotopic (exact) mass is 361 g/mol. The van der Waals surface area contributed by atoms with Crippen molar-refractivity contribution in [2.45, 2.75) is 25.8 Å². The number of ether oxygens (including phenoxy) is 1. The molecule has 1 amide bonds. The van der Waals surface area contributed by atoms with E-state index in [-0.39, 0.29) is 29.6 Å². The Kier molecular flexibility index (Phi) is 4.76. The molecule has 5 nitrogen and oxygen atoms in total. The van der Waals surface area contributed by atoms with E-state index in [0.29, 0.717) is 12.4 Å². The van der Waals surface area contributed by atoms with Gasteiger partial charge in [0.15, 0.2) is 5.96 Å². The lowest BCUT2D eigenvalue weighted by Gasteiger charge is -2.30. The normalized spacial score (nSPS) is 20.6. The van der Waals surface area contributed by atoms with Crippen LogP contribution >= 0.6 is 11.3 Å². The zero-order valence-electron chi connectivity index (χ0n) is 14.3. The van der Waals surface area contributed by atoms with Gasteiger partial charge in [-0.05, 0) is 48.6 Å². The van der Waals surface area contributed by atoms with E-state index < -0.39 is 0 Å². The lowest BCUT2D eigenvalue weighted by Crippen LogP contribution is -2.48. The summed E-state index contributed by atoms with van der Waals surface area (Å²) >= 11 is 1.47. The van der Waals surface area contributed by atoms with Crippen molar-refractivity contribution in [1.82, 2.24) is 4.90 Å². The highest BCUT2D eigenvalue weighted by Gasteiger charge is 2.35. The van der Waals surface area contributed by atoms with E-state index in [0.717, 1.165) is 16.0 Å². The van der Waals surface area contributed by atoms with E-state index >= 15 is 0 Å². The predicted octanol–water partition coefficient (Wildman–Crippen LogP) is 3.21. The summed E-state index contributed by atoms with van der Waals surface area (Å²) in [5.41, 5.74) is 7.33. The van der Waals surface area contributed by atoms with Crippen molar-refractivity contribution >= 4 is 23.2 Å². The van der Waals surface area contributed by atoms with Crippen LogP contribution in [0.5, 0.6) is 5.75 Å². The highest BCUT2D eigenvalue weighted by atomic mass is 32.1. The topological polar surface area (TPSA) is 67.9 Å². The molecule has 1 aliphatic heterocycles. The first-order chi connectivity index (χ1) is 11.9. The van der Waals surface area contributed by atoms with E-state index in [9.17, 15) is 9.18 Å². The first-order valence-electron chi connectivity index (χ1n) is 8.03. The van der Waals surface area contributed by atoms with Gasteiger partial charge in [0.05, 0.1) is 18.6 Å². The number of thiophene rings is 1. The summed E-state index contributed by atoms with van der Waals surface area (Å²) in [5, 5.41) is 1.92. The second-order valence-corrected chi connectivity index (χ2v) is 6.89. The lowest BCUT2D eigenvalue weighted by atomic mass is 9.95. The third kappa shape index (κ3) is 3.37. The molecule has 1 aliphatic rings. The van der Waals surface area contributed by atoms with Crippen molar-refractivity contribution in [2.24, 2.45) is 10.7 Å². The lowest BCUT2D eigenvalue weighted by molar-refractivity contribution is -0.129. The highest BCUT2D eigenvalue weighted by molar-refractivity contribution is 7.10. The molecule has 1 unspecified atom stereocenters. The number of aliphatic imine (C=N–C) groups is 1. The van der Waals surface area contributed by atoms with Crippen LogP contribution in [0.15, 0.2) is 34.6 Å². The van der Waals surface area contributed by atoms with Gasteiger partial charge < -0.3 is 10.5 Å². The summed E-state index contributed by atoms with van der Waals surface area (Å²) in [6.07, 6.45) is 0. The number of carbonyl (C=O) groups is 1. The van der Waals surface area contributed by atoms with Crippen LogP contribution in [0, 0.1) is 5.82 Å². The maximum absolute atomic E-state index is 13.8. The van der Waals surface area contributed by atoms with Crippen LogP contribution in [0.3, 0.4) is 0 Å². The van der Waals surface area contributed by atoms with Gasteiger partial charge in [-0.2, -0.15) is 0 Å². The molecule has 2 atom stereocenters. The molecule has 1 aromatic heterocycles. The Balaban J connectivity index is 1.94. The van der Waals surface area contributed by atoms with E-state index in [1.807, 2.05) is 25.3 Å². The fraction of sp³-hybridized carbons (Fsp3) is 0.333. The molecule has 3 rings (SSSR count). The van der Waals surface area contributed by atoms with Gasteiger partial charge in [0.1, 0.15) is 11.6 Å². The van der Waals surface area contributed by atoms with Gasteiger partial charge in [-0.25, -0.2) is 9.38 Å². The Morgan fingerprint density at radius 3 is 2.80 bits per heavy atom. The van der Waals surface area contributed by atoms with Crippen molar-refractivity contribution in [3.05, 3.63) is 40.3 Å². The van der Waals surface area contributed by atoms with E-state index in [1.165, 1.54) is 28.4 Å². The average molecular weight is 361 g/mol. The van der Waals surface area contributed by atoms with Gasteiger partial charge in [0, 0.05) is 18.0 Å². The van der Waals surface area contributed by atoms with Crippen LogP contribution in [-0.2, 0) is 4.79 Å². The summed E-state index contributed by atoms with van der Waals surface area (Å²) < 4.78 is 19.3. The fourth-order valence-corrected chi connectivity index (χ4v) is 4.01. The number of likely N-dealkylation sites (N-methyl/N-ethyl adjacent to an activating group) is 1. The summed E-state index contributed by atoms with van der Waals surface area (Å²) in [4.78, 5) is 19.2. The SMILES string of the molecule is CCOc1cc(F)cc(-c2csc(C3C(=O)N(C)C(N)=N[C@H]3C)c2)c1. The highest BCUT2D eigenvalue weighted by Crippen LogP contribution is 2.36. The summed E-state index contributed by atoms with van der Waals surface area (Å²) in [5.74, 6) is -0.0898. The van der Waals surface area contributed by atoms with Crippen LogP contribution < -0.4 is 10.5 Å². The molecule has 0 bridgehead atoms. The summed E-state index contributed by atoms with van der Waals surface area (Å²) in [6, 6.07) is 6.30. The number of benzene rings is 1. The number of rotatable bonds is 4. The van der Waals surface area contributed by atoms with Crippen LogP contribution in [0.25, 0.3) is 11.1 Å². The minimum atomic E-state index is -0.379. The van der Waals surface area contributed by atoms with Crippen molar-refractivity contribution in [1.29, 1.82) is 0 Å².